The third-order valence-corrected chi connectivity index (χ3v) is 2.47. The minimum Gasteiger partial charge on any atom is -0.396 e. The van der Waals surface area contributed by atoms with Crippen LogP contribution < -0.4 is 16.4 Å². The predicted octanol–water partition coefficient (Wildman–Crippen LogP) is -0.401. The highest BCUT2D eigenvalue weighted by Gasteiger charge is 2.16. The third-order valence-electron chi connectivity index (χ3n) is 2.47. The highest BCUT2D eigenvalue weighted by Crippen LogP contribution is 2.21. The van der Waals surface area contributed by atoms with Crippen molar-refractivity contribution >= 4 is 17.4 Å². The highest BCUT2D eigenvalue weighted by atomic mass is 16.5. The number of anilines is 2. The van der Waals surface area contributed by atoms with E-state index >= 15 is 0 Å². The zero-order chi connectivity index (χ0) is 11.5. The van der Waals surface area contributed by atoms with Gasteiger partial charge in [-0.05, 0) is 12.1 Å². The van der Waals surface area contributed by atoms with Crippen molar-refractivity contribution < 1.29 is 9.53 Å². The summed E-state index contributed by atoms with van der Waals surface area (Å²) in [5.74, 6) is 0.0640. The number of nitrogens with zero attached hydrogens (tertiary/aromatic N) is 2. The van der Waals surface area contributed by atoms with Gasteiger partial charge in [0.15, 0.2) is 5.82 Å². The highest BCUT2D eigenvalue weighted by molar-refractivity contribution is 5.91. The molecule has 2 rings (SSSR count). The van der Waals surface area contributed by atoms with E-state index in [0.29, 0.717) is 24.7 Å². The lowest BCUT2D eigenvalue weighted by Crippen LogP contribution is -2.37. The number of nitrogens with two attached hydrogens (primary N) is 2. The monoisotopic (exact) mass is 222 g/mol. The first-order chi connectivity index (χ1) is 7.68. The average Bonchev–Trinajstić information content (AvgIpc) is 2.30. The van der Waals surface area contributed by atoms with Crippen LogP contribution in [0.15, 0.2) is 12.1 Å². The van der Waals surface area contributed by atoms with E-state index in [4.69, 9.17) is 16.2 Å². The maximum Gasteiger partial charge on any atom is 0.267 e. The van der Waals surface area contributed by atoms with Crippen molar-refractivity contribution in [3.63, 3.8) is 0 Å². The lowest BCUT2D eigenvalue weighted by Gasteiger charge is -2.28. The molecule has 0 aromatic carbocycles. The molecular formula is C10H14N4O2. The number of carbonyl (C=O) groups is 1. The Kier molecular flexibility index (Phi) is 2.91. The first-order valence-electron chi connectivity index (χ1n) is 5.07. The van der Waals surface area contributed by atoms with Crippen molar-refractivity contribution in [2.24, 2.45) is 5.73 Å². The number of hydrogen-bond donors (Lipinski definition) is 2. The number of amides is 1. The summed E-state index contributed by atoms with van der Waals surface area (Å²) in [7, 11) is 0. The number of pyridine rings is 1. The zero-order valence-corrected chi connectivity index (χ0v) is 8.85. The van der Waals surface area contributed by atoms with Crippen LogP contribution in [0.2, 0.25) is 0 Å². The molecule has 1 aliphatic rings. The van der Waals surface area contributed by atoms with E-state index in [1.54, 1.807) is 6.07 Å². The van der Waals surface area contributed by atoms with Crippen LogP contribution in [-0.4, -0.2) is 37.2 Å². The Balaban J connectivity index is 2.30. The summed E-state index contributed by atoms with van der Waals surface area (Å²) >= 11 is 0. The lowest BCUT2D eigenvalue weighted by molar-refractivity contribution is 0.0995. The van der Waals surface area contributed by atoms with Crippen molar-refractivity contribution in [3.8, 4) is 0 Å². The van der Waals surface area contributed by atoms with Gasteiger partial charge >= 0.3 is 0 Å². The summed E-state index contributed by atoms with van der Waals surface area (Å²) in [5, 5.41) is 0. The minimum absolute atomic E-state index is 0.232. The van der Waals surface area contributed by atoms with Gasteiger partial charge in [0.05, 0.1) is 18.9 Å². The molecule has 1 fully saturated rings. The van der Waals surface area contributed by atoms with E-state index in [0.717, 1.165) is 13.1 Å². The second kappa shape index (κ2) is 4.36. The summed E-state index contributed by atoms with van der Waals surface area (Å²) in [4.78, 5) is 17.2. The molecule has 1 aliphatic heterocycles. The molecule has 6 heteroatoms. The Bertz CT molecular complexity index is 402. The molecule has 0 bridgehead atoms. The number of primary amides is 1. The maximum atomic E-state index is 11.0. The largest absolute Gasteiger partial charge is 0.396 e. The van der Waals surface area contributed by atoms with Crippen LogP contribution in [0.4, 0.5) is 11.5 Å². The number of morpholine rings is 1. The van der Waals surface area contributed by atoms with E-state index < -0.39 is 5.91 Å². The van der Waals surface area contributed by atoms with Crippen molar-refractivity contribution in [1.82, 2.24) is 4.98 Å². The summed E-state index contributed by atoms with van der Waals surface area (Å²) in [5.41, 5.74) is 11.8. The molecule has 0 atom stereocenters. The number of carbonyl (C=O) groups excluding carboxylic acids is 1. The number of aromatic nitrogens is 1. The van der Waals surface area contributed by atoms with Gasteiger partial charge in [-0.25, -0.2) is 4.98 Å². The fourth-order valence-electron chi connectivity index (χ4n) is 1.62. The van der Waals surface area contributed by atoms with Crippen molar-refractivity contribution in [2.45, 2.75) is 0 Å². The molecule has 0 unspecified atom stereocenters. The van der Waals surface area contributed by atoms with E-state index in [2.05, 4.69) is 4.98 Å². The fourth-order valence-corrected chi connectivity index (χ4v) is 1.62. The van der Waals surface area contributed by atoms with Crippen molar-refractivity contribution in [1.29, 1.82) is 0 Å². The molecule has 1 saturated heterocycles. The van der Waals surface area contributed by atoms with Gasteiger partial charge in [-0.2, -0.15) is 0 Å². The molecule has 16 heavy (non-hydrogen) atoms. The third kappa shape index (κ3) is 2.06. The number of rotatable bonds is 2. The zero-order valence-electron chi connectivity index (χ0n) is 8.85. The lowest BCUT2D eigenvalue weighted by atomic mass is 10.3. The van der Waals surface area contributed by atoms with Crippen LogP contribution in [0, 0.1) is 0 Å². The standard InChI is InChI=1S/C10H14N4O2/c11-7-1-2-8(9(12)15)13-10(7)14-3-5-16-6-4-14/h1-2H,3-6,11H2,(H2,12,15). The Hall–Kier alpha value is -1.82. The number of nitrogen functional groups attached to an aromatic ring is 1. The van der Waals surface area contributed by atoms with Gasteiger partial charge in [-0.15, -0.1) is 0 Å². The summed E-state index contributed by atoms with van der Waals surface area (Å²) in [6.07, 6.45) is 0. The molecular weight excluding hydrogens is 208 g/mol. The van der Waals surface area contributed by atoms with Crippen molar-refractivity contribution in [3.05, 3.63) is 17.8 Å². The number of hydrogen-bond acceptors (Lipinski definition) is 5. The van der Waals surface area contributed by atoms with Crippen LogP contribution >= 0.6 is 0 Å². The molecule has 1 aromatic heterocycles. The smallest absolute Gasteiger partial charge is 0.267 e. The molecule has 1 aromatic rings. The fraction of sp³-hybridized carbons (Fsp3) is 0.400. The molecule has 0 radical (unpaired) electrons. The molecule has 0 spiro atoms. The van der Waals surface area contributed by atoms with E-state index in [-0.39, 0.29) is 5.69 Å². The molecule has 2 heterocycles. The SMILES string of the molecule is NC(=O)c1ccc(N)c(N2CCOCC2)n1. The summed E-state index contributed by atoms with van der Waals surface area (Å²) < 4.78 is 5.24. The van der Waals surface area contributed by atoms with E-state index in [9.17, 15) is 4.79 Å². The predicted molar refractivity (Wildman–Crippen MR) is 60.2 cm³/mol. The molecule has 4 N–H and O–H groups in total. The topological polar surface area (TPSA) is 94.5 Å². The Morgan fingerprint density at radius 1 is 1.38 bits per heavy atom. The van der Waals surface area contributed by atoms with E-state index in [1.165, 1.54) is 6.07 Å². The molecule has 0 aliphatic carbocycles. The molecule has 86 valence electrons. The second-order valence-corrected chi connectivity index (χ2v) is 3.57. The van der Waals surface area contributed by atoms with Crippen LogP contribution in [0.3, 0.4) is 0 Å². The quantitative estimate of drug-likeness (QED) is 0.710. The summed E-state index contributed by atoms with van der Waals surface area (Å²) in [6, 6.07) is 3.18. The van der Waals surface area contributed by atoms with Crippen molar-refractivity contribution in [2.75, 3.05) is 36.9 Å². The average molecular weight is 222 g/mol. The Morgan fingerprint density at radius 3 is 2.69 bits per heavy atom. The normalized spacial score (nSPS) is 16.1. The second-order valence-electron chi connectivity index (χ2n) is 3.57. The van der Waals surface area contributed by atoms with Crippen LogP contribution in [0.1, 0.15) is 10.5 Å². The van der Waals surface area contributed by atoms with Gasteiger partial charge < -0.3 is 21.1 Å². The van der Waals surface area contributed by atoms with Gasteiger partial charge in [0.25, 0.3) is 5.91 Å². The van der Waals surface area contributed by atoms with Gasteiger partial charge in [-0.1, -0.05) is 0 Å². The Labute approximate surface area is 93.2 Å². The van der Waals surface area contributed by atoms with Gasteiger partial charge in [0.2, 0.25) is 0 Å². The number of ether oxygens (including phenoxy) is 1. The summed E-state index contributed by atoms with van der Waals surface area (Å²) in [6.45, 7) is 2.72. The van der Waals surface area contributed by atoms with Crippen LogP contribution in [-0.2, 0) is 4.74 Å². The maximum absolute atomic E-state index is 11.0. The first kappa shape index (κ1) is 10.7. The van der Waals surface area contributed by atoms with Gasteiger partial charge in [0, 0.05) is 13.1 Å². The minimum atomic E-state index is -0.547. The van der Waals surface area contributed by atoms with Crippen LogP contribution in [0.25, 0.3) is 0 Å². The molecule has 1 amide bonds. The van der Waals surface area contributed by atoms with Gasteiger partial charge in [0.1, 0.15) is 5.69 Å². The molecule has 0 saturated carbocycles. The first-order valence-corrected chi connectivity index (χ1v) is 5.07. The van der Waals surface area contributed by atoms with Crippen LogP contribution in [0.5, 0.6) is 0 Å². The Morgan fingerprint density at radius 2 is 2.06 bits per heavy atom. The van der Waals surface area contributed by atoms with E-state index in [1.807, 2.05) is 4.90 Å². The van der Waals surface area contributed by atoms with Gasteiger partial charge in [-0.3, -0.25) is 4.79 Å². The molecule has 6 nitrogen and oxygen atoms in total.